The van der Waals surface area contributed by atoms with Gasteiger partial charge in [0.05, 0.1) is 17.3 Å². The van der Waals surface area contributed by atoms with Crippen LogP contribution in [0.5, 0.6) is 0 Å². The Balaban J connectivity index is 2.22. The highest BCUT2D eigenvalue weighted by atomic mass is 19.1. The van der Waals surface area contributed by atoms with E-state index in [0.717, 1.165) is 11.3 Å². The van der Waals surface area contributed by atoms with Gasteiger partial charge in [-0.15, -0.1) is 0 Å². The maximum Gasteiger partial charge on any atom is 0.254 e. The fraction of sp³-hybridized carbons (Fsp3) is 0.333. The monoisotopic (exact) mass is 276 g/mol. The fourth-order valence-electron chi connectivity index (χ4n) is 2.28. The number of nitrogens with one attached hydrogen (secondary N) is 1. The SMILES string of the molecule is Cc1cccc(C(=O)NC(C)c2c(C)noc2C)c1F. The second-order valence-corrected chi connectivity index (χ2v) is 4.87. The van der Waals surface area contributed by atoms with Crippen molar-refractivity contribution in [1.82, 2.24) is 10.5 Å². The van der Waals surface area contributed by atoms with Crippen LogP contribution < -0.4 is 5.32 Å². The van der Waals surface area contributed by atoms with Crippen LogP contribution in [-0.4, -0.2) is 11.1 Å². The Morgan fingerprint density at radius 2 is 2.05 bits per heavy atom. The van der Waals surface area contributed by atoms with Crippen LogP contribution in [-0.2, 0) is 0 Å². The molecule has 0 spiro atoms. The van der Waals surface area contributed by atoms with E-state index < -0.39 is 11.7 Å². The van der Waals surface area contributed by atoms with Gasteiger partial charge >= 0.3 is 0 Å². The third kappa shape index (κ3) is 2.57. The molecule has 1 amide bonds. The van der Waals surface area contributed by atoms with Gasteiger partial charge in [0.2, 0.25) is 0 Å². The number of rotatable bonds is 3. The number of aromatic nitrogens is 1. The van der Waals surface area contributed by atoms with Crippen LogP contribution in [0.25, 0.3) is 0 Å². The first-order chi connectivity index (χ1) is 9.41. The van der Waals surface area contributed by atoms with Gasteiger partial charge in [0, 0.05) is 5.56 Å². The maximum absolute atomic E-state index is 13.9. The molecule has 20 heavy (non-hydrogen) atoms. The third-order valence-corrected chi connectivity index (χ3v) is 3.31. The Morgan fingerprint density at radius 1 is 1.35 bits per heavy atom. The molecule has 0 radical (unpaired) electrons. The summed E-state index contributed by atoms with van der Waals surface area (Å²) in [4.78, 5) is 12.1. The normalized spacial score (nSPS) is 12.2. The van der Waals surface area contributed by atoms with E-state index >= 15 is 0 Å². The van der Waals surface area contributed by atoms with Gasteiger partial charge < -0.3 is 9.84 Å². The molecule has 1 heterocycles. The number of hydrogen-bond acceptors (Lipinski definition) is 3. The molecule has 0 aliphatic carbocycles. The van der Waals surface area contributed by atoms with Crippen LogP contribution >= 0.6 is 0 Å². The Bertz CT molecular complexity index is 630. The van der Waals surface area contributed by atoms with Crippen molar-refractivity contribution < 1.29 is 13.7 Å². The molecule has 0 saturated heterocycles. The summed E-state index contributed by atoms with van der Waals surface area (Å²) in [5.41, 5.74) is 2.04. The van der Waals surface area contributed by atoms with Crippen LogP contribution in [0.2, 0.25) is 0 Å². The van der Waals surface area contributed by atoms with Crippen molar-refractivity contribution in [3.05, 3.63) is 52.2 Å². The summed E-state index contributed by atoms with van der Waals surface area (Å²) in [7, 11) is 0. The molecule has 2 rings (SSSR count). The summed E-state index contributed by atoms with van der Waals surface area (Å²) in [6.45, 7) is 7.04. The Labute approximate surface area is 117 Å². The van der Waals surface area contributed by atoms with E-state index in [1.807, 2.05) is 13.8 Å². The lowest BCUT2D eigenvalue weighted by atomic mass is 10.1. The van der Waals surface area contributed by atoms with Gasteiger partial charge in [-0.2, -0.15) is 0 Å². The largest absolute Gasteiger partial charge is 0.361 e. The molecule has 0 aliphatic rings. The number of hydrogen-bond donors (Lipinski definition) is 1. The number of carbonyl (C=O) groups excluding carboxylic acids is 1. The zero-order valence-corrected chi connectivity index (χ0v) is 12.0. The zero-order chi connectivity index (χ0) is 14.9. The molecule has 4 nitrogen and oxygen atoms in total. The van der Waals surface area contributed by atoms with Crippen LogP contribution in [0.3, 0.4) is 0 Å². The van der Waals surface area contributed by atoms with Crippen molar-refractivity contribution in [3.63, 3.8) is 0 Å². The predicted molar refractivity (Wildman–Crippen MR) is 73.0 cm³/mol. The van der Waals surface area contributed by atoms with Crippen LogP contribution in [0, 0.1) is 26.6 Å². The minimum Gasteiger partial charge on any atom is -0.361 e. The number of halogens is 1. The quantitative estimate of drug-likeness (QED) is 0.936. The fourth-order valence-corrected chi connectivity index (χ4v) is 2.28. The summed E-state index contributed by atoms with van der Waals surface area (Å²) < 4.78 is 19.0. The van der Waals surface area contributed by atoms with E-state index in [2.05, 4.69) is 10.5 Å². The van der Waals surface area contributed by atoms with E-state index in [1.54, 1.807) is 26.0 Å². The zero-order valence-electron chi connectivity index (χ0n) is 12.0. The van der Waals surface area contributed by atoms with E-state index in [0.29, 0.717) is 11.3 Å². The second-order valence-electron chi connectivity index (χ2n) is 4.87. The minimum atomic E-state index is -0.490. The first-order valence-electron chi connectivity index (χ1n) is 6.40. The molecule has 0 aliphatic heterocycles. The number of benzene rings is 1. The minimum absolute atomic E-state index is 0.0450. The van der Waals surface area contributed by atoms with Crippen LogP contribution in [0.1, 0.15) is 45.9 Å². The van der Waals surface area contributed by atoms with E-state index in [1.165, 1.54) is 6.07 Å². The molecular weight excluding hydrogens is 259 g/mol. The van der Waals surface area contributed by atoms with Crippen molar-refractivity contribution >= 4 is 5.91 Å². The highest BCUT2D eigenvalue weighted by Gasteiger charge is 2.20. The van der Waals surface area contributed by atoms with E-state index in [9.17, 15) is 9.18 Å². The Morgan fingerprint density at radius 3 is 2.65 bits per heavy atom. The number of amides is 1. The van der Waals surface area contributed by atoms with Gasteiger partial charge in [-0.3, -0.25) is 4.79 Å². The molecule has 0 bridgehead atoms. The maximum atomic E-state index is 13.9. The Kier molecular flexibility index (Phi) is 3.88. The molecule has 1 atom stereocenters. The number of carbonyl (C=O) groups is 1. The number of aryl methyl sites for hydroxylation is 3. The van der Waals surface area contributed by atoms with Gasteiger partial charge in [0.1, 0.15) is 11.6 Å². The van der Waals surface area contributed by atoms with Crippen molar-refractivity contribution in [3.8, 4) is 0 Å². The first-order valence-corrected chi connectivity index (χ1v) is 6.40. The molecule has 0 fully saturated rings. The third-order valence-electron chi connectivity index (χ3n) is 3.31. The molecular formula is C15H17FN2O2. The van der Waals surface area contributed by atoms with Gasteiger partial charge in [-0.25, -0.2) is 4.39 Å². The number of nitrogens with zero attached hydrogens (tertiary/aromatic N) is 1. The lowest BCUT2D eigenvalue weighted by Gasteiger charge is -2.14. The van der Waals surface area contributed by atoms with Crippen molar-refractivity contribution in [2.24, 2.45) is 0 Å². The average Bonchev–Trinajstić information content (AvgIpc) is 2.72. The topological polar surface area (TPSA) is 55.1 Å². The molecule has 106 valence electrons. The van der Waals surface area contributed by atoms with Crippen molar-refractivity contribution in [2.75, 3.05) is 0 Å². The van der Waals surface area contributed by atoms with Gasteiger partial charge in [0.15, 0.2) is 0 Å². The van der Waals surface area contributed by atoms with Gasteiger partial charge in [0.25, 0.3) is 5.91 Å². The molecule has 1 aromatic carbocycles. The molecule has 0 saturated carbocycles. The summed E-state index contributed by atoms with van der Waals surface area (Å²) in [6, 6.07) is 4.46. The highest BCUT2D eigenvalue weighted by molar-refractivity contribution is 5.94. The summed E-state index contributed by atoms with van der Waals surface area (Å²) in [5.74, 6) is -0.283. The van der Waals surface area contributed by atoms with Crippen molar-refractivity contribution in [2.45, 2.75) is 33.7 Å². The van der Waals surface area contributed by atoms with Gasteiger partial charge in [-0.05, 0) is 39.3 Å². The molecule has 1 unspecified atom stereocenters. The standard InChI is InChI=1S/C15H17FN2O2/c1-8-6-5-7-12(14(8)16)15(19)17-9(2)13-10(3)18-20-11(13)4/h5-7,9H,1-4H3,(H,17,19). The summed E-state index contributed by atoms with van der Waals surface area (Å²) in [5, 5.41) is 6.62. The summed E-state index contributed by atoms with van der Waals surface area (Å²) in [6.07, 6.45) is 0. The lowest BCUT2D eigenvalue weighted by molar-refractivity contribution is 0.0935. The van der Waals surface area contributed by atoms with E-state index in [-0.39, 0.29) is 11.6 Å². The average molecular weight is 276 g/mol. The lowest BCUT2D eigenvalue weighted by Crippen LogP contribution is -2.28. The molecule has 5 heteroatoms. The first kappa shape index (κ1) is 14.2. The predicted octanol–water partition coefficient (Wildman–Crippen LogP) is 3.23. The highest BCUT2D eigenvalue weighted by Crippen LogP contribution is 2.21. The molecule has 2 aromatic rings. The van der Waals surface area contributed by atoms with Crippen LogP contribution in [0.4, 0.5) is 4.39 Å². The smallest absolute Gasteiger partial charge is 0.254 e. The Hall–Kier alpha value is -2.17. The van der Waals surface area contributed by atoms with E-state index in [4.69, 9.17) is 4.52 Å². The van der Waals surface area contributed by atoms with Crippen LogP contribution in [0.15, 0.2) is 22.7 Å². The second kappa shape index (κ2) is 5.45. The summed E-state index contributed by atoms with van der Waals surface area (Å²) >= 11 is 0. The van der Waals surface area contributed by atoms with Crippen molar-refractivity contribution in [1.29, 1.82) is 0 Å². The van der Waals surface area contributed by atoms with Gasteiger partial charge in [-0.1, -0.05) is 17.3 Å². The molecule has 1 aromatic heterocycles. The molecule has 1 N–H and O–H groups in total.